The fourth-order valence-corrected chi connectivity index (χ4v) is 2.22. The number of carbonyl (C=O) groups excluding carboxylic acids is 1. The van der Waals surface area contributed by atoms with Gasteiger partial charge in [0.1, 0.15) is 6.29 Å². The van der Waals surface area contributed by atoms with Gasteiger partial charge in [0.15, 0.2) is 0 Å². The number of anilines is 1. The third-order valence-electron chi connectivity index (χ3n) is 2.85. The third kappa shape index (κ3) is 1.31. The maximum atomic E-state index is 10.5. The molecule has 0 amide bonds. The van der Waals surface area contributed by atoms with E-state index < -0.39 is 0 Å². The molecule has 14 heavy (non-hydrogen) atoms. The first-order valence-corrected chi connectivity index (χ1v) is 4.93. The van der Waals surface area contributed by atoms with Gasteiger partial charge < -0.3 is 9.69 Å². The van der Waals surface area contributed by atoms with Gasteiger partial charge in [0, 0.05) is 17.6 Å². The standard InChI is InChI=1S/C12H15NO/c1-12(2)9-13(7-8-14)11-6-4-3-5-10(11)12/h3-6,8H,7,9H2,1-2H3. The molecule has 0 atom stereocenters. The summed E-state index contributed by atoms with van der Waals surface area (Å²) in [5.74, 6) is 0. The first kappa shape index (κ1) is 9.25. The Bertz CT molecular complexity index is 357. The van der Waals surface area contributed by atoms with Crippen LogP contribution in [0.2, 0.25) is 0 Å². The normalized spacial score (nSPS) is 18.0. The van der Waals surface area contributed by atoms with Crippen molar-refractivity contribution in [3.8, 4) is 0 Å². The van der Waals surface area contributed by atoms with Crippen LogP contribution >= 0.6 is 0 Å². The summed E-state index contributed by atoms with van der Waals surface area (Å²) in [6.07, 6.45) is 0.970. The van der Waals surface area contributed by atoms with Gasteiger partial charge in [-0.25, -0.2) is 0 Å². The van der Waals surface area contributed by atoms with Crippen LogP contribution < -0.4 is 4.90 Å². The van der Waals surface area contributed by atoms with Crippen LogP contribution in [0.25, 0.3) is 0 Å². The van der Waals surface area contributed by atoms with Gasteiger partial charge >= 0.3 is 0 Å². The van der Waals surface area contributed by atoms with E-state index in [2.05, 4.69) is 36.9 Å². The van der Waals surface area contributed by atoms with E-state index in [4.69, 9.17) is 0 Å². The molecule has 0 saturated heterocycles. The van der Waals surface area contributed by atoms with Crippen molar-refractivity contribution in [3.05, 3.63) is 29.8 Å². The summed E-state index contributed by atoms with van der Waals surface area (Å²) in [5.41, 5.74) is 2.73. The maximum Gasteiger partial charge on any atom is 0.139 e. The summed E-state index contributed by atoms with van der Waals surface area (Å²) in [6.45, 7) is 5.87. The molecular formula is C12H15NO. The Balaban J connectivity index is 2.43. The van der Waals surface area contributed by atoms with Gasteiger partial charge in [-0.15, -0.1) is 0 Å². The minimum Gasteiger partial charge on any atom is -0.363 e. The lowest BCUT2D eigenvalue weighted by molar-refractivity contribution is -0.106. The maximum absolute atomic E-state index is 10.5. The predicted molar refractivity (Wildman–Crippen MR) is 57.7 cm³/mol. The van der Waals surface area contributed by atoms with Crippen LogP contribution in [0.4, 0.5) is 5.69 Å². The summed E-state index contributed by atoms with van der Waals surface area (Å²) < 4.78 is 0. The van der Waals surface area contributed by atoms with Gasteiger partial charge in [0.2, 0.25) is 0 Å². The van der Waals surface area contributed by atoms with Gasteiger partial charge in [-0.2, -0.15) is 0 Å². The van der Waals surface area contributed by atoms with E-state index in [0.29, 0.717) is 6.54 Å². The molecule has 1 heterocycles. The number of fused-ring (bicyclic) bond motifs is 1. The summed E-state index contributed by atoms with van der Waals surface area (Å²) in [7, 11) is 0. The first-order valence-electron chi connectivity index (χ1n) is 4.93. The number of rotatable bonds is 2. The van der Waals surface area contributed by atoms with Gasteiger partial charge in [-0.3, -0.25) is 0 Å². The molecule has 2 heteroatoms. The van der Waals surface area contributed by atoms with E-state index in [1.165, 1.54) is 11.3 Å². The van der Waals surface area contributed by atoms with Crippen molar-refractivity contribution < 1.29 is 4.79 Å². The summed E-state index contributed by atoms with van der Waals surface area (Å²) in [4.78, 5) is 12.7. The van der Waals surface area contributed by atoms with E-state index in [9.17, 15) is 4.79 Å². The molecule has 0 unspecified atom stereocenters. The van der Waals surface area contributed by atoms with Crippen LogP contribution in [0.3, 0.4) is 0 Å². The highest BCUT2D eigenvalue weighted by atomic mass is 16.1. The van der Waals surface area contributed by atoms with Crippen LogP contribution in [-0.4, -0.2) is 19.4 Å². The van der Waals surface area contributed by atoms with Gasteiger partial charge in [-0.05, 0) is 11.6 Å². The first-order chi connectivity index (χ1) is 6.65. The molecule has 1 aromatic rings. The average Bonchev–Trinajstić information content (AvgIpc) is 2.41. The number of hydrogen-bond acceptors (Lipinski definition) is 2. The highest BCUT2D eigenvalue weighted by Gasteiger charge is 2.33. The SMILES string of the molecule is CC1(C)CN(CC=O)c2ccccc21. The van der Waals surface area contributed by atoms with Crippen molar-refractivity contribution in [3.63, 3.8) is 0 Å². The summed E-state index contributed by atoms with van der Waals surface area (Å²) >= 11 is 0. The molecule has 1 aromatic carbocycles. The molecule has 0 spiro atoms. The number of para-hydroxylation sites is 1. The Kier molecular flexibility index (Phi) is 2.06. The van der Waals surface area contributed by atoms with E-state index in [-0.39, 0.29) is 5.41 Å². The van der Waals surface area contributed by atoms with Crippen LogP contribution in [0.15, 0.2) is 24.3 Å². The second-order valence-corrected chi connectivity index (χ2v) is 4.45. The van der Waals surface area contributed by atoms with Gasteiger partial charge in [-0.1, -0.05) is 32.0 Å². The zero-order chi connectivity index (χ0) is 10.2. The largest absolute Gasteiger partial charge is 0.363 e. The lowest BCUT2D eigenvalue weighted by atomic mass is 9.87. The lowest BCUT2D eigenvalue weighted by Crippen LogP contribution is -2.29. The topological polar surface area (TPSA) is 20.3 Å². The zero-order valence-corrected chi connectivity index (χ0v) is 8.66. The third-order valence-corrected chi connectivity index (χ3v) is 2.85. The Morgan fingerprint density at radius 1 is 1.43 bits per heavy atom. The second kappa shape index (κ2) is 3.12. The van der Waals surface area contributed by atoms with Crippen molar-refractivity contribution >= 4 is 12.0 Å². The molecule has 0 saturated carbocycles. The number of benzene rings is 1. The summed E-state index contributed by atoms with van der Waals surface area (Å²) in [6, 6.07) is 8.33. The molecule has 1 aliphatic rings. The average molecular weight is 189 g/mol. The lowest BCUT2D eigenvalue weighted by Gasteiger charge is -2.20. The van der Waals surface area contributed by atoms with E-state index in [0.717, 1.165) is 12.8 Å². The quantitative estimate of drug-likeness (QED) is 0.663. The highest BCUT2D eigenvalue weighted by Crippen LogP contribution is 2.39. The van der Waals surface area contributed by atoms with Crippen LogP contribution in [0.5, 0.6) is 0 Å². The molecule has 0 bridgehead atoms. The Hall–Kier alpha value is -1.31. The highest BCUT2D eigenvalue weighted by molar-refractivity contribution is 5.68. The molecule has 2 rings (SSSR count). The van der Waals surface area contributed by atoms with Crippen LogP contribution in [0.1, 0.15) is 19.4 Å². The van der Waals surface area contributed by atoms with Crippen molar-refractivity contribution in [2.75, 3.05) is 18.0 Å². The molecular weight excluding hydrogens is 174 g/mol. The van der Waals surface area contributed by atoms with Crippen molar-refractivity contribution in [2.45, 2.75) is 19.3 Å². The second-order valence-electron chi connectivity index (χ2n) is 4.45. The molecule has 0 aliphatic carbocycles. The minimum absolute atomic E-state index is 0.166. The van der Waals surface area contributed by atoms with E-state index >= 15 is 0 Å². The number of nitrogens with zero attached hydrogens (tertiary/aromatic N) is 1. The Morgan fingerprint density at radius 2 is 2.14 bits per heavy atom. The summed E-state index contributed by atoms with van der Waals surface area (Å²) in [5, 5.41) is 0. The Morgan fingerprint density at radius 3 is 2.86 bits per heavy atom. The van der Waals surface area contributed by atoms with Crippen LogP contribution in [-0.2, 0) is 10.2 Å². The van der Waals surface area contributed by atoms with Gasteiger partial charge in [0.05, 0.1) is 6.54 Å². The van der Waals surface area contributed by atoms with Crippen LogP contribution in [0, 0.1) is 0 Å². The molecule has 2 nitrogen and oxygen atoms in total. The van der Waals surface area contributed by atoms with Crippen molar-refractivity contribution in [1.82, 2.24) is 0 Å². The minimum atomic E-state index is 0.166. The number of hydrogen-bond donors (Lipinski definition) is 0. The zero-order valence-electron chi connectivity index (χ0n) is 8.66. The molecule has 0 radical (unpaired) electrons. The number of carbonyl (C=O) groups is 1. The number of aldehydes is 1. The van der Waals surface area contributed by atoms with Gasteiger partial charge in [0.25, 0.3) is 0 Å². The monoisotopic (exact) mass is 189 g/mol. The fourth-order valence-electron chi connectivity index (χ4n) is 2.22. The predicted octanol–water partition coefficient (Wildman–Crippen LogP) is 1.98. The Labute approximate surface area is 84.5 Å². The van der Waals surface area contributed by atoms with Crippen molar-refractivity contribution in [1.29, 1.82) is 0 Å². The van der Waals surface area contributed by atoms with E-state index in [1.54, 1.807) is 0 Å². The molecule has 0 fully saturated rings. The van der Waals surface area contributed by atoms with E-state index in [1.807, 2.05) is 6.07 Å². The smallest absolute Gasteiger partial charge is 0.139 e. The molecule has 1 aliphatic heterocycles. The fraction of sp³-hybridized carbons (Fsp3) is 0.417. The van der Waals surface area contributed by atoms with Crippen molar-refractivity contribution in [2.24, 2.45) is 0 Å². The molecule has 74 valence electrons. The molecule has 0 N–H and O–H groups in total. The molecule has 0 aromatic heterocycles.